The number of aromatic nitrogens is 1. The van der Waals surface area contributed by atoms with Crippen molar-refractivity contribution in [2.45, 2.75) is 39.7 Å². The van der Waals surface area contributed by atoms with Crippen molar-refractivity contribution in [1.29, 1.82) is 0 Å². The molecule has 0 spiro atoms. The molecule has 0 aliphatic rings. The van der Waals surface area contributed by atoms with Crippen LogP contribution in [0.5, 0.6) is 5.75 Å². The summed E-state index contributed by atoms with van der Waals surface area (Å²) < 4.78 is 5.75. The van der Waals surface area contributed by atoms with Gasteiger partial charge in [-0.15, -0.1) is 0 Å². The molecule has 2 aromatic rings. The number of rotatable bonds is 4. The van der Waals surface area contributed by atoms with E-state index in [-0.39, 0.29) is 6.10 Å². The smallest absolute Gasteiger partial charge is 0.120 e. The Bertz CT molecular complexity index is 543. The molecule has 98 valence electrons. The fourth-order valence-electron chi connectivity index (χ4n) is 2.42. The second kappa shape index (κ2) is 5.02. The molecule has 0 aliphatic carbocycles. The van der Waals surface area contributed by atoms with Crippen molar-refractivity contribution in [3.63, 3.8) is 0 Å². The Balaban J connectivity index is 2.52. The summed E-state index contributed by atoms with van der Waals surface area (Å²) in [6.45, 7) is 8.99. The van der Waals surface area contributed by atoms with E-state index in [2.05, 4.69) is 31.0 Å². The maximum atomic E-state index is 5.80. The Hall–Kier alpha value is -1.48. The molecule has 0 saturated carbocycles. The number of benzene rings is 1. The number of nitrogens with one attached hydrogen (secondary N) is 1. The molecule has 0 radical (unpaired) electrons. The Kier molecular flexibility index (Phi) is 3.62. The zero-order valence-corrected chi connectivity index (χ0v) is 11.6. The fraction of sp³-hybridized carbons (Fsp3) is 0.467. The number of hydrogen-bond donors (Lipinski definition) is 2. The van der Waals surface area contributed by atoms with E-state index in [4.69, 9.17) is 10.5 Å². The minimum atomic E-state index is 0.192. The molecule has 1 aromatic carbocycles. The number of aromatic amines is 1. The molecule has 1 unspecified atom stereocenters. The topological polar surface area (TPSA) is 51.0 Å². The molecule has 3 heteroatoms. The number of ether oxygens (including phenoxy) is 1. The van der Waals surface area contributed by atoms with E-state index in [1.165, 1.54) is 16.6 Å². The van der Waals surface area contributed by atoms with E-state index in [1.54, 1.807) is 0 Å². The summed E-state index contributed by atoms with van der Waals surface area (Å²) in [7, 11) is 0. The molecule has 2 rings (SSSR count). The van der Waals surface area contributed by atoms with E-state index in [0.29, 0.717) is 12.5 Å². The van der Waals surface area contributed by atoms with E-state index >= 15 is 0 Å². The minimum absolute atomic E-state index is 0.192. The molecule has 0 fully saturated rings. The van der Waals surface area contributed by atoms with E-state index in [1.807, 2.05) is 19.9 Å². The van der Waals surface area contributed by atoms with Gasteiger partial charge in [0.25, 0.3) is 0 Å². The van der Waals surface area contributed by atoms with Crippen LogP contribution < -0.4 is 10.5 Å². The van der Waals surface area contributed by atoms with Crippen molar-refractivity contribution in [1.82, 2.24) is 4.98 Å². The van der Waals surface area contributed by atoms with E-state index < -0.39 is 0 Å². The van der Waals surface area contributed by atoms with Crippen LogP contribution in [0.1, 0.15) is 37.9 Å². The standard InChI is InChI=1S/C15H22N2O/c1-9(2)18-12-5-6-14-13(7-12)15(10(3)8-16)11(4)17-14/h5-7,9-10,17H,8,16H2,1-4H3. The Labute approximate surface area is 108 Å². The molecule has 0 bridgehead atoms. The highest BCUT2D eigenvalue weighted by atomic mass is 16.5. The maximum Gasteiger partial charge on any atom is 0.120 e. The van der Waals surface area contributed by atoms with Crippen molar-refractivity contribution >= 4 is 10.9 Å². The molecule has 18 heavy (non-hydrogen) atoms. The fourth-order valence-corrected chi connectivity index (χ4v) is 2.42. The quantitative estimate of drug-likeness (QED) is 0.869. The monoisotopic (exact) mass is 246 g/mol. The lowest BCUT2D eigenvalue weighted by Gasteiger charge is -2.12. The summed E-state index contributed by atoms with van der Waals surface area (Å²) in [5.74, 6) is 1.27. The van der Waals surface area contributed by atoms with Gasteiger partial charge >= 0.3 is 0 Å². The first kappa shape index (κ1) is 13.0. The number of hydrogen-bond acceptors (Lipinski definition) is 2. The van der Waals surface area contributed by atoms with Gasteiger partial charge in [0.2, 0.25) is 0 Å². The number of H-pyrrole nitrogens is 1. The van der Waals surface area contributed by atoms with Gasteiger partial charge in [-0.3, -0.25) is 0 Å². The third kappa shape index (κ3) is 2.36. The summed E-state index contributed by atoms with van der Waals surface area (Å²) in [4.78, 5) is 3.41. The third-order valence-corrected chi connectivity index (χ3v) is 3.23. The van der Waals surface area contributed by atoms with Crippen LogP contribution in [0.15, 0.2) is 18.2 Å². The summed E-state index contributed by atoms with van der Waals surface area (Å²) in [6, 6.07) is 6.20. The molecule has 1 aromatic heterocycles. The Morgan fingerprint density at radius 2 is 2.00 bits per heavy atom. The second-order valence-corrected chi connectivity index (χ2v) is 5.17. The van der Waals surface area contributed by atoms with Gasteiger partial charge in [0, 0.05) is 16.6 Å². The molecule has 3 nitrogen and oxygen atoms in total. The average Bonchev–Trinajstić information content (AvgIpc) is 2.63. The lowest BCUT2D eigenvalue weighted by Crippen LogP contribution is -2.09. The van der Waals surface area contributed by atoms with Crippen LogP contribution >= 0.6 is 0 Å². The van der Waals surface area contributed by atoms with Crippen LogP contribution in [-0.4, -0.2) is 17.6 Å². The van der Waals surface area contributed by atoms with Crippen LogP contribution in [-0.2, 0) is 0 Å². The first-order valence-corrected chi connectivity index (χ1v) is 6.52. The van der Waals surface area contributed by atoms with Gasteiger partial charge in [0.15, 0.2) is 0 Å². The molecule has 0 amide bonds. The van der Waals surface area contributed by atoms with Crippen LogP contribution in [0.2, 0.25) is 0 Å². The highest BCUT2D eigenvalue weighted by Gasteiger charge is 2.14. The van der Waals surface area contributed by atoms with E-state index in [9.17, 15) is 0 Å². The maximum absolute atomic E-state index is 5.80. The van der Waals surface area contributed by atoms with Crippen molar-refractivity contribution in [3.05, 3.63) is 29.5 Å². The number of fused-ring (bicyclic) bond motifs is 1. The molecule has 1 atom stereocenters. The predicted molar refractivity (Wildman–Crippen MR) is 76.3 cm³/mol. The van der Waals surface area contributed by atoms with Crippen LogP contribution in [0.25, 0.3) is 10.9 Å². The van der Waals surface area contributed by atoms with Gasteiger partial charge in [-0.1, -0.05) is 6.92 Å². The number of aryl methyl sites for hydroxylation is 1. The highest BCUT2D eigenvalue weighted by Crippen LogP contribution is 2.31. The van der Waals surface area contributed by atoms with Gasteiger partial charge in [-0.25, -0.2) is 0 Å². The molecular formula is C15H22N2O. The summed E-state index contributed by atoms with van der Waals surface area (Å²) in [5, 5.41) is 1.23. The number of nitrogens with two attached hydrogens (primary N) is 1. The molecule has 1 heterocycles. The largest absolute Gasteiger partial charge is 0.491 e. The average molecular weight is 246 g/mol. The normalized spacial score (nSPS) is 13.2. The SMILES string of the molecule is Cc1[nH]c2ccc(OC(C)C)cc2c1C(C)CN. The zero-order valence-electron chi connectivity index (χ0n) is 11.6. The van der Waals surface area contributed by atoms with Crippen molar-refractivity contribution in [3.8, 4) is 5.75 Å². The van der Waals surface area contributed by atoms with Crippen LogP contribution in [0.3, 0.4) is 0 Å². The third-order valence-electron chi connectivity index (χ3n) is 3.23. The minimum Gasteiger partial charge on any atom is -0.491 e. The van der Waals surface area contributed by atoms with Gasteiger partial charge in [0.05, 0.1) is 6.10 Å². The highest BCUT2D eigenvalue weighted by molar-refractivity contribution is 5.86. The van der Waals surface area contributed by atoms with Gasteiger partial charge in [0.1, 0.15) is 5.75 Å². The van der Waals surface area contributed by atoms with Gasteiger partial charge in [-0.2, -0.15) is 0 Å². The lowest BCUT2D eigenvalue weighted by molar-refractivity contribution is 0.243. The van der Waals surface area contributed by atoms with Crippen LogP contribution in [0, 0.1) is 6.92 Å². The van der Waals surface area contributed by atoms with Gasteiger partial charge in [-0.05, 0) is 57.0 Å². The molecule has 3 N–H and O–H groups in total. The Morgan fingerprint density at radius 1 is 1.28 bits per heavy atom. The molecule has 0 saturated heterocycles. The van der Waals surface area contributed by atoms with Gasteiger partial charge < -0.3 is 15.5 Å². The second-order valence-electron chi connectivity index (χ2n) is 5.17. The lowest BCUT2D eigenvalue weighted by atomic mass is 9.98. The summed E-state index contributed by atoms with van der Waals surface area (Å²) in [6.07, 6.45) is 0.192. The van der Waals surface area contributed by atoms with Crippen molar-refractivity contribution in [2.24, 2.45) is 5.73 Å². The molecule has 0 aliphatic heterocycles. The van der Waals surface area contributed by atoms with Crippen LogP contribution in [0.4, 0.5) is 0 Å². The first-order chi connectivity index (χ1) is 8.52. The van der Waals surface area contributed by atoms with Crippen molar-refractivity contribution in [2.75, 3.05) is 6.54 Å². The van der Waals surface area contributed by atoms with Crippen molar-refractivity contribution < 1.29 is 4.74 Å². The zero-order chi connectivity index (χ0) is 13.3. The van der Waals surface area contributed by atoms with E-state index in [0.717, 1.165) is 11.3 Å². The molecular weight excluding hydrogens is 224 g/mol. The predicted octanol–water partition coefficient (Wildman–Crippen LogP) is 3.33. The first-order valence-electron chi connectivity index (χ1n) is 6.52. The summed E-state index contributed by atoms with van der Waals surface area (Å²) >= 11 is 0. The summed E-state index contributed by atoms with van der Waals surface area (Å²) in [5.41, 5.74) is 9.45. The Morgan fingerprint density at radius 3 is 2.61 bits per heavy atom.